The number of hydrogen-bond donors (Lipinski definition) is 0. The second-order valence-electron chi connectivity index (χ2n) is 8.15. The minimum Gasteiger partial charge on any atom is -0.463 e. The molecule has 0 N–H and O–H groups in total. The van der Waals surface area contributed by atoms with Gasteiger partial charge >= 0.3 is 18.2 Å². The fraction of sp³-hybridized carbons (Fsp3) is 0.296. The number of benzene rings is 2. The third kappa shape index (κ3) is 5.43. The van der Waals surface area contributed by atoms with E-state index in [1.165, 1.54) is 24.0 Å². The van der Waals surface area contributed by atoms with Crippen LogP contribution in [0.2, 0.25) is 0 Å². The standard InChI is InChI=1S/C27H26F3N3O3/c1-4-6-7-15-32-24(20-13-11-19(17-31)12-14-20)23(25(34)36-5-2)18(3)33(26(32)35)22-10-8-9-21(16-22)27(28,29)30/h4,8-14,16,24H,1,5-7,15H2,2-3H3. The van der Waals surface area contributed by atoms with E-state index in [2.05, 4.69) is 6.58 Å². The molecule has 2 aromatic carbocycles. The summed E-state index contributed by atoms with van der Waals surface area (Å²) in [4.78, 5) is 29.6. The number of unbranched alkanes of at least 4 members (excludes halogenated alkanes) is 1. The Hall–Kier alpha value is -4.06. The Kier molecular flexibility index (Phi) is 8.20. The summed E-state index contributed by atoms with van der Waals surface area (Å²) in [6, 6.07) is 11.5. The summed E-state index contributed by atoms with van der Waals surface area (Å²) >= 11 is 0. The van der Waals surface area contributed by atoms with Crippen LogP contribution in [0.3, 0.4) is 0 Å². The second kappa shape index (κ2) is 11.1. The van der Waals surface area contributed by atoms with Crippen molar-refractivity contribution in [2.75, 3.05) is 18.1 Å². The first-order valence-electron chi connectivity index (χ1n) is 11.4. The summed E-state index contributed by atoms with van der Waals surface area (Å²) < 4.78 is 45.6. The average Bonchev–Trinajstić information content (AvgIpc) is 2.85. The van der Waals surface area contributed by atoms with Gasteiger partial charge in [0.25, 0.3) is 0 Å². The first-order chi connectivity index (χ1) is 17.1. The molecule has 0 aliphatic carbocycles. The molecule has 0 aromatic heterocycles. The molecule has 6 nitrogen and oxygen atoms in total. The van der Waals surface area contributed by atoms with Crippen molar-refractivity contribution in [3.8, 4) is 6.07 Å². The van der Waals surface area contributed by atoms with Crippen molar-refractivity contribution in [3.63, 3.8) is 0 Å². The van der Waals surface area contributed by atoms with Crippen LogP contribution in [-0.4, -0.2) is 30.1 Å². The maximum atomic E-state index is 13.8. The zero-order chi connectivity index (χ0) is 26.5. The molecule has 2 amide bonds. The van der Waals surface area contributed by atoms with Gasteiger partial charge in [-0.25, -0.2) is 9.59 Å². The number of carbonyl (C=O) groups excluding carboxylic acids is 2. The molecule has 0 spiro atoms. The predicted molar refractivity (Wildman–Crippen MR) is 129 cm³/mol. The number of anilines is 1. The SMILES string of the molecule is C=CCCCN1C(=O)N(c2cccc(C(F)(F)F)c2)C(C)=C(C(=O)OCC)C1c1ccc(C#N)cc1. The highest BCUT2D eigenvalue weighted by molar-refractivity contribution is 6.03. The number of amides is 2. The van der Waals surface area contributed by atoms with Gasteiger partial charge in [-0.15, -0.1) is 6.58 Å². The Morgan fingerprint density at radius 1 is 1.22 bits per heavy atom. The van der Waals surface area contributed by atoms with Crippen molar-refractivity contribution in [2.24, 2.45) is 0 Å². The van der Waals surface area contributed by atoms with Gasteiger partial charge in [-0.2, -0.15) is 18.4 Å². The lowest BCUT2D eigenvalue weighted by Crippen LogP contribution is -2.51. The first-order valence-corrected chi connectivity index (χ1v) is 11.4. The van der Waals surface area contributed by atoms with Gasteiger partial charge in [-0.1, -0.05) is 24.3 Å². The van der Waals surface area contributed by atoms with Gasteiger partial charge in [-0.3, -0.25) is 4.90 Å². The van der Waals surface area contributed by atoms with Crippen molar-refractivity contribution in [2.45, 2.75) is 38.9 Å². The number of allylic oxidation sites excluding steroid dienone is 2. The molecule has 0 fully saturated rings. The van der Waals surface area contributed by atoms with E-state index in [1.807, 2.05) is 6.07 Å². The van der Waals surface area contributed by atoms with E-state index in [0.717, 1.165) is 17.0 Å². The maximum Gasteiger partial charge on any atom is 0.416 e. The Morgan fingerprint density at radius 2 is 1.92 bits per heavy atom. The summed E-state index contributed by atoms with van der Waals surface area (Å²) in [5.41, 5.74) is 0.367. The maximum absolute atomic E-state index is 13.8. The van der Waals surface area contributed by atoms with Crippen LogP contribution < -0.4 is 4.90 Å². The quantitative estimate of drug-likeness (QED) is 0.242. The number of alkyl halides is 3. The van der Waals surface area contributed by atoms with E-state index in [0.29, 0.717) is 24.0 Å². The average molecular weight is 498 g/mol. The van der Waals surface area contributed by atoms with Crippen LogP contribution in [0.5, 0.6) is 0 Å². The lowest BCUT2D eigenvalue weighted by Gasteiger charge is -2.43. The van der Waals surface area contributed by atoms with Crippen LogP contribution in [0.1, 0.15) is 49.4 Å². The Balaban J connectivity index is 2.24. The van der Waals surface area contributed by atoms with Crippen LogP contribution in [-0.2, 0) is 15.7 Å². The predicted octanol–water partition coefficient (Wildman–Crippen LogP) is 6.36. The molecule has 1 aliphatic heterocycles. The molecule has 1 heterocycles. The van der Waals surface area contributed by atoms with Gasteiger partial charge in [0.05, 0.1) is 41.1 Å². The molecule has 1 unspecified atom stereocenters. The summed E-state index contributed by atoms with van der Waals surface area (Å²) in [6.07, 6.45) is -1.80. The molecule has 1 aliphatic rings. The molecule has 0 saturated heterocycles. The van der Waals surface area contributed by atoms with Crippen LogP contribution in [0.15, 0.2) is 72.5 Å². The third-order valence-electron chi connectivity index (χ3n) is 5.84. The highest BCUT2D eigenvalue weighted by Crippen LogP contribution is 2.41. The van der Waals surface area contributed by atoms with Crippen molar-refractivity contribution in [1.82, 2.24) is 4.90 Å². The number of hydrogen-bond acceptors (Lipinski definition) is 4. The van der Waals surface area contributed by atoms with Gasteiger partial charge in [0.1, 0.15) is 0 Å². The molecule has 0 saturated carbocycles. The molecule has 9 heteroatoms. The van der Waals surface area contributed by atoms with Crippen LogP contribution in [0, 0.1) is 11.3 Å². The number of halogens is 3. The molecular formula is C27H26F3N3O3. The summed E-state index contributed by atoms with van der Waals surface area (Å²) in [7, 11) is 0. The summed E-state index contributed by atoms with van der Waals surface area (Å²) in [6.45, 7) is 7.14. The topological polar surface area (TPSA) is 73.6 Å². The number of urea groups is 1. The lowest BCUT2D eigenvalue weighted by atomic mass is 9.92. The van der Waals surface area contributed by atoms with E-state index in [-0.39, 0.29) is 30.1 Å². The smallest absolute Gasteiger partial charge is 0.416 e. The lowest BCUT2D eigenvalue weighted by molar-refractivity contribution is -0.139. The zero-order valence-corrected chi connectivity index (χ0v) is 20.0. The Labute approximate surface area is 207 Å². The molecule has 1 atom stereocenters. The number of nitriles is 1. The number of nitrogens with zero attached hydrogens (tertiary/aromatic N) is 3. The van der Waals surface area contributed by atoms with Crippen molar-refractivity contribution < 1.29 is 27.5 Å². The normalized spacial score (nSPS) is 16.1. The van der Waals surface area contributed by atoms with Crippen LogP contribution >= 0.6 is 0 Å². The number of esters is 1. The largest absolute Gasteiger partial charge is 0.463 e. The fourth-order valence-corrected chi connectivity index (χ4v) is 4.17. The fourth-order valence-electron chi connectivity index (χ4n) is 4.17. The second-order valence-corrected chi connectivity index (χ2v) is 8.15. The van der Waals surface area contributed by atoms with Gasteiger partial charge in [-0.05, 0) is 62.6 Å². The molecule has 36 heavy (non-hydrogen) atoms. The Bertz CT molecular complexity index is 1210. The van der Waals surface area contributed by atoms with E-state index >= 15 is 0 Å². The number of ether oxygens (including phenoxy) is 1. The van der Waals surface area contributed by atoms with Crippen molar-refractivity contribution in [3.05, 3.63) is 89.1 Å². The van der Waals surface area contributed by atoms with Gasteiger partial charge in [0.15, 0.2) is 0 Å². The molecule has 188 valence electrons. The van der Waals surface area contributed by atoms with Crippen molar-refractivity contribution in [1.29, 1.82) is 5.26 Å². The van der Waals surface area contributed by atoms with E-state index in [1.54, 1.807) is 37.3 Å². The molecule has 2 aromatic rings. The monoisotopic (exact) mass is 497 g/mol. The molecule has 3 rings (SSSR count). The van der Waals surface area contributed by atoms with Gasteiger partial charge in [0.2, 0.25) is 0 Å². The minimum atomic E-state index is -4.61. The van der Waals surface area contributed by atoms with E-state index in [4.69, 9.17) is 4.74 Å². The Morgan fingerprint density at radius 3 is 2.50 bits per heavy atom. The van der Waals surface area contributed by atoms with Gasteiger partial charge in [0, 0.05) is 12.2 Å². The first kappa shape index (κ1) is 26.5. The highest BCUT2D eigenvalue weighted by Gasteiger charge is 2.43. The molecular weight excluding hydrogens is 471 g/mol. The van der Waals surface area contributed by atoms with E-state index < -0.39 is 29.8 Å². The molecule has 0 bridgehead atoms. The third-order valence-corrected chi connectivity index (χ3v) is 5.84. The minimum absolute atomic E-state index is 0.0128. The van der Waals surface area contributed by atoms with E-state index in [9.17, 15) is 28.0 Å². The number of carbonyl (C=O) groups is 2. The van der Waals surface area contributed by atoms with Crippen LogP contribution in [0.25, 0.3) is 0 Å². The van der Waals surface area contributed by atoms with Crippen LogP contribution in [0.4, 0.5) is 23.7 Å². The zero-order valence-electron chi connectivity index (χ0n) is 20.0. The van der Waals surface area contributed by atoms with Crippen molar-refractivity contribution >= 4 is 17.7 Å². The van der Waals surface area contributed by atoms with Gasteiger partial charge < -0.3 is 9.64 Å². The molecule has 0 radical (unpaired) electrons. The highest BCUT2D eigenvalue weighted by atomic mass is 19.4. The number of rotatable bonds is 8. The summed E-state index contributed by atoms with van der Waals surface area (Å²) in [5.74, 6) is -0.678. The summed E-state index contributed by atoms with van der Waals surface area (Å²) in [5, 5.41) is 9.17.